The average Bonchev–Trinajstić information content (AvgIpc) is 2.30. The van der Waals surface area contributed by atoms with E-state index in [1.165, 1.54) is 0 Å². The number of hydrogen-bond donors (Lipinski definition) is 2. The monoisotopic (exact) mass is 236 g/mol. The topological polar surface area (TPSA) is 81.4 Å². The van der Waals surface area contributed by atoms with Gasteiger partial charge in [-0.3, -0.25) is 10.1 Å². The molecule has 0 saturated heterocycles. The Hall–Kier alpha value is -1.88. The van der Waals surface area contributed by atoms with E-state index in [0.29, 0.717) is 6.42 Å². The molecule has 5 nitrogen and oxygen atoms in total. The molecular weight excluding hydrogens is 220 g/mol. The number of nitrogens with one attached hydrogen (secondary N) is 1. The van der Waals surface area contributed by atoms with E-state index in [9.17, 15) is 9.59 Å². The predicted octanol–water partition coefficient (Wildman–Crippen LogP) is 0.829. The third-order valence-corrected chi connectivity index (χ3v) is 2.14. The van der Waals surface area contributed by atoms with Crippen molar-refractivity contribution in [3.8, 4) is 0 Å². The molecule has 1 aromatic rings. The minimum Gasteiger partial charge on any atom is -0.450 e. The number of hydrogen-bond acceptors (Lipinski definition) is 4. The molecule has 0 aliphatic carbocycles. The number of nitrogens with two attached hydrogens (primary N) is 1. The van der Waals surface area contributed by atoms with Gasteiger partial charge in [0, 0.05) is 0 Å². The van der Waals surface area contributed by atoms with E-state index in [1.54, 1.807) is 6.92 Å². The fourth-order valence-electron chi connectivity index (χ4n) is 1.32. The summed E-state index contributed by atoms with van der Waals surface area (Å²) in [6.07, 6.45) is -0.382. The Labute approximate surface area is 99.9 Å². The second-order valence-corrected chi connectivity index (χ2v) is 3.51. The number of carbonyl (C=O) groups excluding carboxylic acids is 2. The molecule has 0 aliphatic heterocycles. The first-order valence-corrected chi connectivity index (χ1v) is 5.40. The largest absolute Gasteiger partial charge is 0.450 e. The number of alkyl carbamates (subject to hydrolysis) is 1. The Kier molecular flexibility index (Phi) is 5.16. The van der Waals surface area contributed by atoms with E-state index >= 15 is 0 Å². The molecule has 92 valence electrons. The van der Waals surface area contributed by atoms with Crippen LogP contribution in [0.5, 0.6) is 0 Å². The summed E-state index contributed by atoms with van der Waals surface area (Å²) in [4.78, 5) is 22.5. The first-order valence-electron chi connectivity index (χ1n) is 5.40. The van der Waals surface area contributed by atoms with Crippen LogP contribution in [0.4, 0.5) is 4.79 Å². The maximum Gasteiger partial charge on any atom is 0.413 e. The summed E-state index contributed by atoms with van der Waals surface area (Å²) in [5.74, 6) is -0.535. The van der Waals surface area contributed by atoms with E-state index in [2.05, 4.69) is 10.1 Å². The maximum absolute atomic E-state index is 11.5. The molecule has 0 saturated carbocycles. The van der Waals surface area contributed by atoms with E-state index in [1.807, 2.05) is 30.3 Å². The van der Waals surface area contributed by atoms with Gasteiger partial charge in [-0.05, 0) is 18.9 Å². The van der Waals surface area contributed by atoms with Crippen LogP contribution in [-0.2, 0) is 16.0 Å². The summed E-state index contributed by atoms with van der Waals surface area (Å²) in [5, 5.41) is 2.08. The van der Waals surface area contributed by atoms with Crippen molar-refractivity contribution in [2.45, 2.75) is 19.4 Å². The maximum atomic E-state index is 11.5. The van der Waals surface area contributed by atoms with Crippen LogP contribution >= 0.6 is 0 Å². The van der Waals surface area contributed by atoms with E-state index in [0.717, 1.165) is 5.56 Å². The molecule has 0 fully saturated rings. The van der Waals surface area contributed by atoms with E-state index in [4.69, 9.17) is 5.73 Å². The lowest BCUT2D eigenvalue weighted by Gasteiger charge is -2.11. The number of carbonyl (C=O) groups is 2. The zero-order chi connectivity index (χ0) is 12.7. The van der Waals surface area contributed by atoms with E-state index < -0.39 is 18.0 Å². The molecule has 0 aliphatic rings. The summed E-state index contributed by atoms with van der Waals surface area (Å²) in [7, 11) is 0. The molecule has 0 spiro atoms. The SMILES string of the molecule is CCOC(=O)NC(=O)[C@@H](N)Cc1ccccc1. The zero-order valence-corrected chi connectivity index (χ0v) is 9.68. The molecule has 17 heavy (non-hydrogen) atoms. The van der Waals surface area contributed by atoms with Crippen LogP contribution < -0.4 is 11.1 Å². The highest BCUT2D eigenvalue weighted by atomic mass is 16.5. The molecule has 0 unspecified atom stereocenters. The third-order valence-electron chi connectivity index (χ3n) is 2.14. The van der Waals surface area contributed by atoms with Crippen molar-refractivity contribution >= 4 is 12.0 Å². The minimum atomic E-state index is -0.763. The lowest BCUT2D eigenvalue weighted by Crippen LogP contribution is -2.44. The van der Waals surface area contributed by atoms with Crippen LogP contribution in [0.1, 0.15) is 12.5 Å². The Balaban J connectivity index is 2.45. The highest BCUT2D eigenvalue weighted by Crippen LogP contribution is 2.01. The number of benzene rings is 1. The molecule has 3 N–H and O–H groups in total. The predicted molar refractivity (Wildman–Crippen MR) is 63.3 cm³/mol. The lowest BCUT2D eigenvalue weighted by molar-refractivity contribution is -0.121. The average molecular weight is 236 g/mol. The standard InChI is InChI=1S/C12H16N2O3/c1-2-17-12(16)14-11(15)10(13)8-9-6-4-3-5-7-9/h3-7,10H,2,8,13H2,1H3,(H,14,15,16)/t10-/m0/s1. The molecule has 2 amide bonds. The van der Waals surface area contributed by atoms with Crippen LogP contribution in [0.2, 0.25) is 0 Å². The third kappa shape index (κ3) is 4.65. The Morgan fingerprint density at radius 3 is 2.59 bits per heavy atom. The van der Waals surface area contributed by atoms with Gasteiger partial charge >= 0.3 is 6.09 Å². The fourth-order valence-corrected chi connectivity index (χ4v) is 1.32. The van der Waals surface area contributed by atoms with Crippen molar-refractivity contribution in [3.63, 3.8) is 0 Å². The summed E-state index contributed by atoms with van der Waals surface area (Å²) in [6, 6.07) is 8.60. The second kappa shape index (κ2) is 6.65. The van der Waals surface area contributed by atoms with Crippen LogP contribution in [0.15, 0.2) is 30.3 Å². The van der Waals surface area contributed by atoms with Crippen molar-refractivity contribution < 1.29 is 14.3 Å². The quantitative estimate of drug-likeness (QED) is 0.811. The van der Waals surface area contributed by atoms with Crippen molar-refractivity contribution in [3.05, 3.63) is 35.9 Å². The number of rotatable bonds is 4. The van der Waals surface area contributed by atoms with Crippen molar-refractivity contribution in [2.24, 2.45) is 5.73 Å². The summed E-state index contributed by atoms with van der Waals surface area (Å²) in [5.41, 5.74) is 6.62. The van der Waals surface area contributed by atoms with E-state index in [-0.39, 0.29) is 6.61 Å². The molecule has 5 heteroatoms. The van der Waals surface area contributed by atoms with Gasteiger partial charge in [-0.25, -0.2) is 4.79 Å². The molecule has 0 radical (unpaired) electrons. The highest BCUT2D eigenvalue weighted by Gasteiger charge is 2.16. The van der Waals surface area contributed by atoms with Crippen LogP contribution in [0, 0.1) is 0 Å². The Morgan fingerprint density at radius 2 is 2.00 bits per heavy atom. The lowest BCUT2D eigenvalue weighted by atomic mass is 10.1. The van der Waals surface area contributed by atoms with Gasteiger partial charge in [0.2, 0.25) is 5.91 Å². The minimum absolute atomic E-state index is 0.215. The van der Waals surface area contributed by atoms with Gasteiger partial charge in [0.15, 0.2) is 0 Å². The molecule has 0 aromatic heterocycles. The van der Waals surface area contributed by atoms with Gasteiger partial charge in [0.25, 0.3) is 0 Å². The van der Waals surface area contributed by atoms with Crippen LogP contribution in [0.3, 0.4) is 0 Å². The molecule has 1 aromatic carbocycles. The first-order chi connectivity index (χ1) is 8.13. The zero-order valence-electron chi connectivity index (χ0n) is 9.68. The van der Waals surface area contributed by atoms with Crippen LogP contribution in [-0.4, -0.2) is 24.6 Å². The Morgan fingerprint density at radius 1 is 1.35 bits per heavy atom. The summed E-state index contributed by atoms with van der Waals surface area (Å²) < 4.78 is 4.59. The van der Waals surface area contributed by atoms with Gasteiger partial charge in [-0.15, -0.1) is 0 Å². The van der Waals surface area contributed by atoms with Gasteiger partial charge < -0.3 is 10.5 Å². The molecular formula is C12H16N2O3. The van der Waals surface area contributed by atoms with Gasteiger partial charge in [0.1, 0.15) is 0 Å². The fraction of sp³-hybridized carbons (Fsp3) is 0.333. The smallest absolute Gasteiger partial charge is 0.413 e. The van der Waals surface area contributed by atoms with Crippen molar-refractivity contribution in [1.82, 2.24) is 5.32 Å². The molecule has 1 rings (SSSR count). The van der Waals surface area contributed by atoms with Gasteiger partial charge in [0.05, 0.1) is 12.6 Å². The number of imide groups is 1. The summed E-state index contributed by atoms with van der Waals surface area (Å²) >= 11 is 0. The number of amides is 2. The molecule has 1 atom stereocenters. The highest BCUT2D eigenvalue weighted by molar-refractivity contribution is 5.94. The number of ether oxygens (including phenoxy) is 1. The molecule has 0 bridgehead atoms. The molecule has 0 heterocycles. The van der Waals surface area contributed by atoms with Gasteiger partial charge in [-0.2, -0.15) is 0 Å². The normalized spacial score (nSPS) is 11.6. The van der Waals surface area contributed by atoms with Crippen LogP contribution in [0.25, 0.3) is 0 Å². The first kappa shape index (κ1) is 13.2. The van der Waals surface area contributed by atoms with Gasteiger partial charge in [-0.1, -0.05) is 30.3 Å². The van der Waals surface area contributed by atoms with Crippen molar-refractivity contribution in [2.75, 3.05) is 6.61 Å². The Bertz CT molecular complexity index is 379. The van der Waals surface area contributed by atoms with Crippen molar-refractivity contribution in [1.29, 1.82) is 0 Å². The second-order valence-electron chi connectivity index (χ2n) is 3.51. The summed E-state index contributed by atoms with van der Waals surface area (Å²) in [6.45, 7) is 1.88.